The minimum atomic E-state index is -1.04. The van der Waals surface area contributed by atoms with Crippen LogP contribution in [0.1, 0.15) is 49.9 Å². The Morgan fingerprint density at radius 1 is 1.44 bits per heavy atom. The van der Waals surface area contributed by atoms with Crippen LogP contribution in [0.15, 0.2) is 12.3 Å². The summed E-state index contributed by atoms with van der Waals surface area (Å²) >= 11 is 6.23. The Hall–Kier alpha value is -1.37. The molecule has 6 nitrogen and oxygen atoms in total. The molecule has 2 aliphatic heterocycles. The zero-order chi connectivity index (χ0) is 18.2. The lowest BCUT2D eigenvalue weighted by Crippen LogP contribution is -2.54. The fourth-order valence-corrected chi connectivity index (χ4v) is 4.12. The predicted molar refractivity (Wildman–Crippen MR) is 95.3 cm³/mol. The van der Waals surface area contributed by atoms with Crippen LogP contribution in [0.2, 0.25) is 5.02 Å². The van der Waals surface area contributed by atoms with Crippen molar-refractivity contribution in [1.29, 1.82) is 0 Å². The average Bonchev–Trinajstić information content (AvgIpc) is 2.55. The standard InChI is InChI=1S/C18H25ClN2O4/c1-11(2)15-8-13(22)9-18(25-15)3-5-21(6-4-18)16-14(19)7-12(10-20-16)17(23)24/h7,10-11,13,15,22H,3-6,8-9H2,1-2H3,(H,23,24)/t13-,15-/m1/s1. The number of halogens is 1. The monoisotopic (exact) mass is 368 g/mol. The summed E-state index contributed by atoms with van der Waals surface area (Å²) < 4.78 is 6.39. The summed E-state index contributed by atoms with van der Waals surface area (Å²) in [5, 5.41) is 19.6. The Labute approximate surface area is 152 Å². The fraction of sp³-hybridized carbons (Fsp3) is 0.667. The molecular weight excluding hydrogens is 344 g/mol. The lowest BCUT2D eigenvalue weighted by Gasteiger charge is -2.49. The van der Waals surface area contributed by atoms with Crippen molar-refractivity contribution in [2.24, 2.45) is 5.92 Å². The second kappa shape index (κ2) is 7.09. The van der Waals surface area contributed by atoms with E-state index < -0.39 is 5.97 Å². The SMILES string of the molecule is CC(C)[C@H]1C[C@@H](O)CC2(CCN(c3ncc(C(=O)O)cc3Cl)CC2)O1. The topological polar surface area (TPSA) is 82.9 Å². The minimum Gasteiger partial charge on any atom is -0.478 e. The van der Waals surface area contributed by atoms with Crippen LogP contribution in [-0.4, -0.2) is 52.1 Å². The summed E-state index contributed by atoms with van der Waals surface area (Å²) in [6.45, 7) is 5.69. The van der Waals surface area contributed by atoms with Gasteiger partial charge in [0.25, 0.3) is 0 Å². The highest BCUT2D eigenvalue weighted by atomic mass is 35.5. The number of aliphatic hydroxyl groups is 1. The van der Waals surface area contributed by atoms with Gasteiger partial charge in [-0.1, -0.05) is 25.4 Å². The number of carboxylic acid groups (broad SMARTS) is 1. The molecule has 2 saturated heterocycles. The number of aliphatic hydroxyl groups excluding tert-OH is 1. The number of anilines is 1. The Morgan fingerprint density at radius 2 is 2.12 bits per heavy atom. The molecule has 2 fully saturated rings. The van der Waals surface area contributed by atoms with Gasteiger partial charge in [-0.25, -0.2) is 9.78 Å². The van der Waals surface area contributed by atoms with Crippen LogP contribution in [0.4, 0.5) is 5.82 Å². The van der Waals surface area contributed by atoms with E-state index in [0.29, 0.717) is 29.6 Å². The van der Waals surface area contributed by atoms with E-state index in [1.165, 1.54) is 12.3 Å². The van der Waals surface area contributed by atoms with Crippen LogP contribution in [0.25, 0.3) is 0 Å². The number of hydrogen-bond donors (Lipinski definition) is 2. The fourth-order valence-electron chi connectivity index (χ4n) is 3.83. The van der Waals surface area contributed by atoms with E-state index in [2.05, 4.69) is 23.7 Å². The van der Waals surface area contributed by atoms with Crippen molar-refractivity contribution < 1.29 is 19.7 Å². The third kappa shape index (κ3) is 3.91. The zero-order valence-corrected chi connectivity index (χ0v) is 15.4. The van der Waals surface area contributed by atoms with Gasteiger partial charge < -0.3 is 19.8 Å². The first-order chi connectivity index (χ1) is 11.8. The van der Waals surface area contributed by atoms with Gasteiger partial charge in [-0.15, -0.1) is 0 Å². The summed E-state index contributed by atoms with van der Waals surface area (Å²) in [5.41, 5.74) is -0.197. The Morgan fingerprint density at radius 3 is 2.68 bits per heavy atom. The number of nitrogens with zero attached hydrogens (tertiary/aromatic N) is 2. The van der Waals surface area contributed by atoms with Gasteiger partial charge in [0.2, 0.25) is 0 Å². The molecule has 138 valence electrons. The van der Waals surface area contributed by atoms with Crippen molar-refractivity contribution in [3.05, 3.63) is 22.8 Å². The maximum Gasteiger partial charge on any atom is 0.337 e. The van der Waals surface area contributed by atoms with Gasteiger partial charge in [-0.2, -0.15) is 0 Å². The van der Waals surface area contributed by atoms with Gasteiger partial charge >= 0.3 is 5.97 Å². The van der Waals surface area contributed by atoms with Gasteiger partial charge in [-0.05, 0) is 31.2 Å². The lowest BCUT2D eigenvalue weighted by atomic mass is 9.80. The van der Waals surface area contributed by atoms with Crippen molar-refractivity contribution in [2.45, 2.75) is 57.3 Å². The summed E-state index contributed by atoms with van der Waals surface area (Å²) in [6.07, 6.45) is 4.08. The smallest absolute Gasteiger partial charge is 0.337 e. The Balaban J connectivity index is 1.70. The van der Waals surface area contributed by atoms with Gasteiger partial charge in [0.05, 0.1) is 28.4 Å². The summed E-state index contributed by atoms with van der Waals surface area (Å²) in [5.74, 6) is -0.0503. The molecule has 0 aromatic carbocycles. The molecule has 0 amide bonds. The summed E-state index contributed by atoms with van der Waals surface area (Å²) in [7, 11) is 0. The number of piperidine rings is 1. The van der Waals surface area contributed by atoms with Crippen LogP contribution < -0.4 is 4.90 Å². The van der Waals surface area contributed by atoms with Crippen LogP contribution in [0.5, 0.6) is 0 Å². The van der Waals surface area contributed by atoms with E-state index in [0.717, 1.165) is 25.9 Å². The second-order valence-corrected chi connectivity index (χ2v) is 7.91. The number of hydrogen-bond acceptors (Lipinski definition) is 5. The average molecular weight is 369 g/mol. The molecule has 7 heteroatoms. The van der Waals surface area contributed by atoms with Gasteiger partial charge in [-0.3, -0.25) is 0 Å². The number of carbonyl (C=O) groups is 1. The van der Waals surface area contributed by atoms with E-state index in [-0.39, 0.29) is 23.4 Å². The molecule has 0 aliphatic carbocycles. The van der Waals surface area contributed by atoms with Crippen LogP contribution in [0.3, 0.4) is 0 Å². The molecule has 0 radical (unpaired) electrons. The largest absolute Gasteiger partial charge is 0.478 e. The highest BCUT2D eigenvalue weighted by Gasteiger charge is 2.44. The molecule has 2 N–H and O–H groups in total. The molecule has 25 heavy (non-hydrogen) atoms. The molecule has 0 bridgehead atoms. The van der Waals surface area contributed by atoms with Crippen molar-refractivity contribution in [3.8, 4) is 0 Å². The zero-order valence-electron chi connectivity index (χ0n) is 14.6. The highest BCUT2D eigenvalue weighted by molar-refractivity contribution is 6.33. The molecule has 0 unspecified atom stereocenters. The number of rotatable bonds is 3. The number of aromatic carboxylic acids is 1. The van der Waals surface area contributed by atoms with Crippen LogP contribution in [-0.2, 0) is 4.74 Å². The second-order valence-electron chi connectivity index (χ2n) is 7.50. The van der Waals surface area contributed by atoms with E-state index in [4.69, 9.17) is 21.4 Å². The van der Waals surface area contributed by atoms with Crippen molar-refractivity contribution in [1.82, 2.24) is 4.98 Å². The Bertz CT molecular complexity index is 644. The van der Waals surface area contributed by atoms with E-state index in [1.54, 1.807) is 0 Å². The predicted octanol–water partition coefficient (Wildman–Crippen LogP) is 2.97. The number of carboxylic acids is 1. The summed E-state index contributed by atoms with van der Waals surface area (Å²) in [4.78, 5) is 17.3. The first kappa shape index (κ1) is 18.4. The molecule has 1 aromatic rings. The van der Waals surface area contributed by atoms with E-state index in [1.807, 2.05) is 0 Å². The third-order valence-corrected chi connectivity index (χ3v) is 5.58. The third-order valence-electron chi connectivity index (χ3n) is 5.30. The maximum absolute atomic E-state index is 11.0. The summed E-state index contributed by atoms with van der Waals surface area (Å²) in [6, 6.07) is 1.44. The molecule has 3 heterocycles. The van der Waals surface area contributed by atoms with Gasteiger partial charge in [0, 0.05) is 25.7 Å². The molecule has 0 saturated carbocycles. The van der Waals surface area contributed by atoms with Crippen molar-refractivity contribution >= 4 is 23.4 Å². The highest BCUT2D eigenvalue weighted by Crippen LogP contribution is 2.40. The molecule has 2 atom stereocenters. The van der Waals surface area contributed by atoms with E-state index >= 15 is 0 Å². The van der Waals surface area contributed by atoms with E-state index in [9.17, 15) is 9.90 Å². The van der Waals surface area contributed by atoms with Crippen molar-refractivity contribution in [2.75, 3.05) is 18.0 Å². The molecule has 2 aliphatic rings. The van der Waals surface area contributed by atoms with Gasteiger partial charge in [0.15, 0.2) is 0 Å². The first-order valence-corrected chi connectivity index (χ1v) is 9.17. The van der Waals surface area contributed by atoms with Gasteiger partial charge in [0.1, 0.15) is 5.82 Å². The minimum absolute atomic E-state index is 0.0840. The normalized spacial score (nSPS) is 26.2. The number of ether oxygens (including phenoxy) is 1. The quantitative estimate of drug-likeness (QED) is 0.853. The number of pyridine rings is 1. The number of aromatic nitrogens is 1. The first-order valence-electron chi connectivity index (χ1n) is 8.79. The molecular formula is C18H25ClN2O4. The maximum atomic E-state index is 11.0. The lowest BCUT2D eigenvalue weighted by molar-refractivity contribution is -0.183. The van der Waals surface area contributed by atoms with Crippen LogP contribution in [0, 0.1) is 5.92 Å². The molecule has 1 spiro atoms. The Kier molecular flexibility index (Phi) is 5.23. The van der Waals surface area contributed by atoms with Crippen molar-refractivity contribution in [3.63, 3.8) is 0 Å². The van der Waals surface area contributed by atoms with Crippen LogP contribution >= 0.6 is 11.6 Å². The molecule has 1 aromatic heterocycles. The molecule has 3 rings (SSSR count).